The summed E-state index contributed by atoms with van der Waals surface area (Å²) in [4.78, 5) is 20.6. The van der Waals surface area contributed by atoms with Crippen LogP contribution in [0.5, 0.6) is 0 Å². The lowest BCUT2D eigenvalue weighted by atomic mass is 10.2. The van der Waals surface area contributed by atoms with E-state index in [1.165, 1.54) is 0 Å². The van der Waals surface area contributed by atoms with Gasteiger partial charge in [-0.15, -0.1) is 0 Å². The Balaban J connectivity index is 2.16. The number of carbonyl (C=O) groups is 1. The monoisotopic (exact) mass is 314 g/mol. The minimum atomic E-state index is -0.359. The summed E-state index contributed by atoms with van der Waals surface area (Å²) >= 11 is 0. The predicted octanol–water partition coefficient (Wildman–Crippen LogP) is 3.46. The molecular formula is C17H22N4O2. The maximum atomic E-state index is 12.0. The Labute approximate surface area is 136 Å². The van der Waals surface area contributed by atoms with Gasteiger partial charge in [0.05, 0.1) is 17.9 Å². The lowest BCUT2D eigenvalue weighted by Crippen LogP contribution is -2.11. The minimum absolute atomic E-state index is 0.337. The number of rotatable bonds is 7. The van der Waals surface area contributed by atoms with Gasteiger partial charge >= 0.3 is 5.97 Å². The predicted molar refractivity (Wildman–Crippen MR) is 91.0 cm³/mol. The number of esters is 1. The van der Waals surface area contributed by atoms with Gasteiger partial charge in [0, 0.05) is 12.7 Å². The standard InChI is InChI=1S/C17H22N4O2/c1-4-23-16(22)13-7-5-6-8-14(13)20-15-9-10-18-17(21-15)19-11-12(2)3/h5-10,12H,4,11H2,1-3H3,(H2,18,19,20,21). The van der Waals surface area contributed by atoms with E-state index in [0.29, 0.717) is 35.5 Å². The van der Waals surface area contributed by atoms with Crippen molar-refractivity contribution in [3.63, 3.8) is 0 Å². The van der Waals surface area contributed by atoms with Crippen LogP contribution in [0.2, 0.25) is 0 Å². The van der Waals surface area contributed by atoms with E-state index in [1.807, 2.05) is 12.1 Å². The van der Waals surface area contributed by atoms with Gasteiger partial charge in [0.25, 0.3) is 0 Å². The third-order valence-corrected chi connectivity index (χ3v) is 3.01. The molecule has 2 N–H and O–H groups in total. The van der Waals surface area contributed by atoms with Crippen molar-refractivity contribution in [2.45, 2.75) is 20.8 Å². The Bertz CT molecular complexity index is 659. The van der Waals surface area contributed by atoms with Gasteiger partial charge in [-0.3, -0.25) is 0 Å². The van der Waals surface area contributed by atoms with E-state index >= 15 is 0 Å². The SMILES string of the molecule is CCOC(=O)c1ccccc1Nc1ccnc(NCC(C)C)n1. The van der Waals surface area contributed by atoms with Crippen LogP contribution in [0.25, 0.3) is 0 Å². The number of nitrogens with one attached hydrogen (secondary N) is 2. The number of aromatic nitrogens is 2. The van der Waals surface area contributed by atoms with E-state index in [-0.39, 0.29) is 5.97 Å². The number of ether oxygens (including phenoxy) is 1. The van der Waals surface area contributed by atoms with Crippen LogP contribution in [0, 0.1) is 5.92 Å². The van der Waals surface area contributed by atoms with E-state index in [2.05, 4.69) is 34.4 Å². The van der Waals surface area contributed by atoms with Crippen molar-refractivity contribution in [3.8, 4) is 0 Å². The first-order valence-electron chi connectivity index (χ1n) is 7.70. The third kappa shape index (κ3) is 4.95. The van der Waals surface area contributed by atoms with Crippen molar-refractivity contribution in [1.29, 1.82) is 0 Å². The molecule has 0 atom stereocenters. The molecule has 0 spiro atoms. The molecular weight excluding hydrogens is 292 g/mol. The highest BCUT2D eigenvalue weighted by Gasteiger charge is 2.12. The van der Waals surface area contributed by atoms with Gasteiger partial charge in [0.15, 0.2) is 0 Å². The van der Waals surface area contributed by atoms with Crippen LogP contribution in [0.3, 0.4) is 0 Å². The molecule has 0 saturated carbocycles. The van der Waals surface area contributed by atoms with Crippen molar-refractivity contribution >= 4 is 23.4 Å². The molecule has 0 bridgehead atoms. The Morgan fingerprint density at radius 1 is 1.26 bits per heavy atom. The van der Waals surface area contributed by atoms with E-state index in [1.54, 1.807) is 31.3 Å². The van der Waals surface area contributed by atoms with Crippen molar-refractivity contribution in [3.05, 3.63) is 42.1 Å². The summed E-state index contributed by atoms with van der Waals surface area (Å²) in [6, 6.07) is 8.94. The highest BCUT2D eigenvalue weighted by atomic mass is 16.5. The molecule has 23 heavy (non-hydrogen) atoms. The topological polar surface area (TPSA) is 76.1 Å². The second-order valence-corrected chi connectivity index (χ2v) is 5.43. The summed E-state index contributed by atoms with van der Waals surface area (Å²) in [5.41, 5.74) is 1.13. The number of nitrogens with zero attached hydrogens (tertiary/aromatic N) is 2. The van der Waals surface area contributed by atoms with Crippen molar-refractivity contribution < 1.29 is 9.53 Å². The number of para-hydroxylation sites is 1. The van der Waals surface area contributed by atoms with Crippen LogP contribution in [-0.4, -0.2) is 29.1 Å². The zero-order valence-electron chi connectivity index (χ0n) is 13.7. The van der Waals surface area contributed by atoms with Crippen LogP contribution in [0.4, 0.5) is 17.5 Å². The highest BCUT2D eigenvalue weighted by molar-refractivity contribution is 5.96. The molecule has 0 fully saturated rings. The van der Waals surface area contributed by atoms with Crippen LogP contribution in [-0.2, 0) is 4.74 Å². The van der Waals surface area contributed by atoms with Gasteiger partial charge in [0.1, 0.15) is 5.82 Å². The summed E-state index contributed by atoms with van der Waals surface area (Å²) in [6.07, 6.45) is 1.67. The molecule has 6 nitrogen and oxygen atoms in total. The smallest absolute Gasteiger partial charge is 0.340 e. The van der Waals surface area contributed by atoms with Crippen molar-refractivity contribution in [2.24, 2.45) is 5.92 Å². The van der Waals surface area contributed by atoms with Gasteiger partial charge < -0.3 is 15.4 Å². The normalized spacial score (nSPS) is 10.4. The fraction of sp³-hybridized carbons (Fsp3) is 0.353. The van der Waals surface area contributed by atoms with E-state index in [0.717, 1.165) is 6.54 Å². The molecule has 0 aliphatic carbocycles. The zero-order chi connectivity index (χ0) is 16.7. The molecule has 0 amide bonds. The van der Waals surface area contributed by atoms with Gasteiger partial charge in [-0.25, -0.2) is 9.78 Å². The largest absolute Gasteiger partial charge is 0.462 e. The second kappa shape index (κ2) is 8.12. The van der Waals surface area contributed by atoms with Crippen LogP contribution < -0.4 is 10.6 Å². The van der Waals surface area contributed by atoms with Gasteiger partial charge in [-0.2, -0.15) is 4.98 Å². The summed E-state index contributed by atoms with van der Waals surface area (Å²) in [5.74, 6) is 1.31. The third-order valence-electron chi connectivity index (χ3n) is 3.01. The lowest BCUT2D eigenvalue weighted by molar-refractivity contribution is 0.0527. The number of anilines is 3. The van der Waals surface area contributed by atoms with Crippen molar-refractivity contribution in [1.82, 2.24) is 9.97 Å². The van der Waals surface area contributed by atoms with E-state index in [9.17, 15) is 4.79 Å². The summed E-state index contributed by atoms with van der Waals surface area (Å²) in [5, 5.41) is 6.32. The highest BCUT2D eigenvalue weighted by Crippen LogP contribution is 2.20. The number of benzene rings is 1. The molecule has 122 valence electrons. The Kier molecular flexibility index (Phi) is 5.91. The Morgan fingerprint density at radius 2 is 2.04 bits per heavy atom. The van der Waals surface area contributed by atoms with Gasteiger partial charge in [0.2, 0.25) is 5.95 Å². The second-order valence-electron chi connectivity index (χ2n) is 5.43. The van der Waals surface area contributed by atoms with E-state index < -0.39 is 0 Å². The van der Waals surface area contributed by atoms with Gasteiger partial charge in [-0.05, 0) is 31.0 Å². The average Bonchev–Trinajstić information content (AvgIpc) is 2.54. The molecule has 0 unspecified atom stereocenters. The number of carbonyl (C=O) groups excluding carboxylic acids is 1. The maximum absolute atomic E-state index is 12.0. The molecule has 0 radical (unpaired) electrons. The summed E-state index contributed by atoms with van der Waals surface area (Å²) < 4.78 is 5.07. The first-order chi connectivity index (χ1) is 11.1. The minimum Gasteiger partial charge on any atom is -0.462 e. The Hall–Kier alpha value is -2.63. The summed E-state index contributed by atoms with van der Waals surface area (Å²) in [6.45, 7) is 7.15. The first kappa shape index (κ1) is 16.7. The Morgan fingerprint density at radius 3 is 2.78 bits per heavy atom. The fourth-order valence-electron chi connectivity index (χ4n) is 1.93. The first-order valence-corrected chi connectivity index (χ1v) is 7.70. The van der Waals surface area contributed by atoms with Crippen molar-refractivity contribution in [2.75, 3.05) is 23.8 Å². The molecule has 1 heterocycles. The number of hydrogen-bond acceptors (Lipinski definition) is 6. The fourth-order valence-corrected chi connectivity index (χ4v) is 1.93. The summed E-state index contributed by atoms with van der Waals surface area (Å²) in [7, 11) is 0. The van der Waals surface area contributed by atoms with E-state index in [4.69, 9.17) is 4.74 Å². The molecule has 6 heteroatoms. The molecule has 1 aromatic carbocycles. The maximum Gasteiger partial charge on any atom is 0.340 e. The average molecular weight is 314 g/mol. The zero-order valence-corrected chi connectivity index (χ0v) is 13.7. The molecule has 0 aliphatic heterocycles. The van der Waals surface area contributed by atoms with Crippen LogP contribution in [0.1, 0.15) is 31.1 Å². The molecule has 0 saturated heterocycles. The van der Waals surface area contributed by atoms with Gasteiger partial charge in [-0.1, -0.05) is 26.0 Å². The molecule has 0 aliphatic rings. The number of hydrogen-bond donors (Lipinski definition) is 2. The van der Waals surface area contributed by atoms with Crippen LogP contribution in [0.15, 0.2) is 36.5 Å². The molecule has 1 aromatic heterocycles. The quantitative estimate of drug-likeness (QED) is 0.762. The van der Waals surface area contributed by atoms with Crippen LogP contribution >= 0.6 is 0 Å². The molecule has 2 aromatic rings. The molecule has 2 rings (SSSR count). The lowest BCUT2D eigenvalue weighted by Gasteiger charge is -2.12.